The second-order valence-electron chi connectivity index (χ2n) is 7.14. The molecule has 1 aliphatic carbocycles. The third-order valence-electron chi connectivity index (χ3n) is 5.30. The van der Waals surface area contributed by atoms with Gasteiger partial charge >= 0.3 is 0 Å². The molecular formula is C19H28ClN3O3. The van der Waals surface area contributed by atoms with Crippen molar-refractivity contribution in [2.45, 2.75) is 44.6 Å². The van der Waals surface area contributed by atoms with E-state index >= 15 is 0 Å². The Morgan fingerprint density at radius 2 is 2.12 bits per heavy atom. The predicted molar refractivity (Wildman–Crippen MR) is 102 cm³/mol. The molecule has 2 heterocycles. The summed E-state index contributed by atoms with van der Waals surface area (Å²) in [6.45, 7) is 3.10. The summed E-state index contributed by atoms with van der Waals surface area (Å²) in [5.74, 6) is 0.970. The van der Waals surface area contributed by atoms with Gasteiger partial charge in [0.15, 0.2) is 0 Å². The van der Waals surface area contributed by atoms with E-state index in [1.165, 1.54) is 6.42 Å². The Kier molecular flexibility index (Phi) is 7.11. The Labute approximate surface area is 159 Å². The quantitative estimate of drug-likeness (QED) is 0.741. The summed E-state index contributed by atoms with van der Waals surface area (Å²) < 4.78 is 5.27. The molecule has 1 aromatic rings. The third kappa shape index (κ3) is 5.09. The Morgan fingerprint density at radius 3 is 2.85 bits per heavy atom. The standard InChI is InChI=1S/C19H28ClN3O3/c20-16-12-15(19(25)23-8-10-26-11-9-23)13-22-18(16)21-7-3-5-14-4-1-2-6-17(14)24/h12-14,17,24H,1-11H2,(H,21,22). The van der Waals surface area contributed by atoms with E-state index in [4.69, 9.17) is 16.3 Å². The lowest BCUT2D eigenvalue weighted by molar-refractivity contribution is 0.0302. The van der Waals surface area contributed by atoms with Crippen molar-refractivity contribution in [2.75, 3.05) is 38.2 Å². The molecule has 0 spiro atoms. The number of ether oxygens (including phenoxy) is 1. The zero-order chi connectivity index (χ0) is 18.4. The smallest absolute Gasteiger partial charge is 0.255 e. The summed E-state index contributed by atoms with van der Waals surface area (Å²) in [4.78, 5) is 18.5. The van der Waals surface area contributed by atoms with Gasteiger partial charge in [0.05, 0.1) is 29.9 Å². The third-order valence-corrected chi connectivity index (χ3v) is 5.59. The van der Waals surface area contributed by atoms with Gasteiger partial charge in [-0.25, -0.2) is 4.98 Å². The average Bonchev–Trinajstić information content (AvgIpc) is 2.67. The van der Waals surface area contributed by atoms with Crippen LogP contribution in [0.25, 0.3) is 0 Å². The van der Waals surface area contributed by atoms with Crippen LogP contribution in [-0.4, -0.2) is 59.8 Å². The summed E-state index contributed by atoms with van der Waals surface area (Å²) >= 11 is 6.30. The summed E-state index contributed by atoms with van der Waals surface area (Å²) in [6, 6.07) is 1.68. The van der Waals surface area contributed by atoms with Crippen LogP contribution in [0.3, 0.4) is 0 Å². The average molecular weight is 382 g/mol. The van der Waals surface area contributed by atoms with E-state index in [1.54, 1.807) is 17.2 Å². The molecule has 144 valence electrons. The zero-order valence-electron chi connectivity index (χ0n) is 15.1. The van der Waals surface area contributed by atoms with Crippen molar-refractivity contribution in [3.05, 3.63) is 22.8 Å². The zero-order valence-corrected chi connectivity index (χ0v) is 15.9. The number of pyridine rings is 1. The van der Waals surface area contributed by atoms with Crippen molar-refractivity contribution in [1.29, 1.82) is 0 Å². The van der Waals surface area contributed by atoms with Crippen molar-refractivity contribution in [2.24, 2.45) is 5.92 Å². The molecule has 1 aliphatic heterocycles. The maximum Gasteiger partial charge on any atom is 0.255 e. The van der Waals surface area contributed by atoms with E-state index in [-0.39, 0.29) is 12.0 Å². The molecule has 2 fully saturated rings. The first-order valence-electron chi connectivity index (χ1n) is 9.59. The number of morpholine rings is 1. The minimum Gasteiger partial charge on any atom is -0.393 e. The number of nitrogens with one attached hydrogen (secondary N) is 1. The van der Waals surface area contributed by atoms with Gasteiger partial charge in [0, 0.05) is 25.8 Å². The lowest BCUT2D eigenvalue weighted by atomic mass is 9.83. The lowest BCUT2D eigenvalue weighted by Gasteiger charge is -2.27. The van der Waals surface area contributed by atoms with Gasteiger partial charge in [-0.2, -0.15) is 0 Å². The molecule has 0 radical (unpaired) electrons. The molecule has 1 saturated carbocycles. The number of nitrogens with zero attached hydrogens (tertiary/aromatic N) is 2. The van der Waals surface area contributed by atoms with Crippen LogP contribution in [0.15, 0.2) is 12.3 Å². The number of aliphatic hydroxyl groups excluding tert-OH is 1. The fourth-order valence-electron chi connectivity index (χ4n) is 3.73. The predicted octanol–water partition coefficient (Wildman–Crippen LogP) is 2.95. The fraction of sp³-hybridized carbons (Fsp3) is 0.684. The van der Waals surface area contributed by atoms with Crippen LogP contribution >= 0.6 is 11.6 Å². The van der Waals surface area contributed by atoms with Crippen LogP contribution in [0.2, 0.25) is 5.02 Å². The van der Waals surface area contributed by atoms with Crippen LogP contribution in [0.4, 0.5) is 5.82 Å². The molecule has 7 heteroatoms. The van der Waals surface area contributed by atoms with Crippen molar-refractivity contribution in [1.82, 2.24) is 9.88 Å². The molecule has 26 heavy (non-hydrogen) atoms. The molecule has 0 bridgehead atoms. The molecule has 2 N–H and O–H groups in total. The highest BCUT2D eigenvalue weighted by atomic mass is 35.5. The van der Waals surface area contributed by atoms with E-state index in [9.17, 15) is 9.90 Å². The molecule has 6 nitrogen and oxygen atoms in total. The molecule has 2 aliphatic rings. The number of carbonyl (C=O) groups is 1. The number of anilines is 1. The minimum absolute atomic E-state index is 0.0551. The molecule has 1 saturated heterocycles. The number of aliphatic hydroxyl groups is 1. The van der Waals surface area contributed by atoms with Gasteiger partial charge in [0.1, 0.15) is 5.82 Å². The first kappa shape index (κ1) is 19.4. The Morgan fingerprint density at radius 1 is 1.35 bits per heavy atom. The van der Waals surface area contributed by atoms with Crippen LogP contribution in [0.1, 0.15) is 48.9 Å². The molecule has 0 aromatic carbocycles. The second kappa shape index (κ2) is 9.53. The highest BCUT2D eigenvalue weighted by molar-refractivity contribution is 6.33. The monoisotopic (exact) mass is 381 g/mol. The second-order valence-corrected chi connectivity index (χ2v) is 7.55. The topological polar surface area (TPSA) is 74.7 Å². The van der Waals surface area contributed by atoms with Crippen LogP contribution < -0.4 is 5.32 Å². The molecule has 2 unspecified atom stereocenters. The number of halogens is 1. The fourth-order valence-corrected chi connectivity index (χ4v) is 3.96. The van der Waals surface area contributed by atoms with Gasteiger partial charge in [-0.3, -0.25) is 4.79 Å². The van der Waals surface area contributed by atoms with Crippen LogP contribution in [0, 0.1) is 5.92 Å². The molecule has 2 atom stereocenters. The van der Waals surface area contributed by atoms with Crippen molar-refractivity contribution >= 4 is 23.3 Å². The summed E-state index contributed by atoms with van der Waals surface area (Å²) in [6.07, 6.45) is 7.84. The number of hydrogen-bond acceptors (Lipinski definition) is 5. The Hall–Kier alpha value is -1.37. The van der Waals surface area contributed by atoms with E-state index in [1.807, 2.05) is 0 Å². The van der Waals surface area contributed by atoms with E-state index < -0.39 is 0 Å². The molecule has 1 amide bonds. The van der Waals surface area contributed by atoms with Gasteiger partial charge in [0.25, 0.3) is 5.91 Å². The highest BCUT2D eigenvalue weighted by Crippen LogP contribution is 2.28. The van der Waals surface area contributed by atoms with Crippen LogP contribution in [-0.2, 0) is 4.74 Å². The van der Waals surface area contributed by atoms with Crippen molar-refractivity contribution in [3.8, 4) is 0 Å². The Balaban J connectivity index is 1.47. The van der Waals surface area contributed by atoms with Gasteiger partial charge in [-0.15, -0.1) is 0 Å². The van der Waals surface area contributed by atoms with Gasteiger partial charge < -0.3 is 20.1 Å². The number of amides is 1. The molecule has 1 aromatic heterocycles. The maximum absolute atomic E-state index is 12.5. The lowest BCUT2D eigenvalue weighted by Crippen LogP contribution is -2.40. The van der Waals surface area contributed by atoms with Crippen molar-refractivity contribution < 1.29 is 14.6 Å². The SMILES string of the molecule is O=C(c1cnc(NCCCC2CCCCC2O)c(Cl)c1)N1CCOCC1. The van der Waals surface area contributed by atoms with Gasteiger partial charge in [0.2, 0.25) is 0 Å². The van der Waals surface area contributed by atoms with E-state index in [0.717, 1.165) is 38.6 Å². The molecular weight excluding hydrogens is 354 g/mol. The maximum atomic E-state index is 12.5. The number of carbonyl (C=O) groups excluding carboxylic acids is 1. The van der Waals surface area contributed by atoms with Gasteiger partial charge in [-0.05, 0) is 37.7 Å². The van der Waals surface area contributed by atoms with E-state index in [2.05, 4.69) is 10.3 Å². The summed E-state index contributed by atoms with van der Waals surface area (Å²) in [5, 5.41) is 13.7. The summed E-state index contributed by atoms with van der Waals surface area (Å²) in [5.41, 5.74) is 0.507. The number of hydrogen-bond donors (Lipinski definition) is 2. The normalized spacial score (nSPS) is 23.7. The first-order valence-corrected chi connectivity index (χ1v) is 9.97. The molecule has 3 rings (SSSR count). The number of rotatable bonds is 6. The van der Waals surface area contributed by atoms with Crippen LogP contribution in [0.5, 0.6) is 0 Å². The minimum atomic E-state index is -0.143. The van der Waals surface area contributed by atoms with E-state index in [0.29, 0.717) is 48.6 Å². The van der Waals surface area contributed by atoms with Gasteiger partial charge in [-0.1, -0.05) is 24.4 Å². The first-order chi connectivity index (χ1) is 12.6. The largest absolute Gasteiger partial charge is 0.393 e. The van der Waals surface area contributed by atoms with Crippen molar-refractivity contribution in [3.63, 3.8) is 0 Å². The highest BCUT2D eigenvalue weighted by Gasteiger charge is 2.22. The Bertz CT molecular complexity index is 608. The number of aromatic nitrogens is 1. The summed E-state index contributed by atoms with van der Waals surface area (Å²) in [7, 11) is 0.